The van der Waals surface area contributed by atoms with E-state index >= 15 is 0 Å². The van der Waals surface area contributed by atoms with Crippen LogP contribution >= 0.6 is 0 Å². The van der Waals surface area contributed by atoms with E-state index in [2.05, 4.69) is 10.6 Å². The maximum absolute atomic E-state index is 12.3. The molecule has 0 bridgehead atoms. The van der Waals surface area contributed by atoms with Gasteiger partial charge in [-0.25, -0.2) is 4.79 Å². The second-order valence-corrected chi connectivity index (χ2v) is 5.16. The summed E-state index contributed by atoms with van der Waals surface area (Å²) >= 11 is 0. The first-order valence-electron chi connectivity index (χ1n) is 6.73. The minimum absolute atomic E-state index is 0.0230. The smallest absolute Gasteiger partial charge is 0.331 e. The summed E-state index contributed by atoms with van der Waals surface area (Å²) in [7, 11) is 0. The number of hydrogen-bond donors (Lipinski definition) is 3. The van der Waals surface area contributed by atoms with Crippen LogP contribution in [0.25, 0.3) is 0 Å². The molecule has 7 nitrogen and oxygen atoms in total. The fourth-order valence-electron chi connectivity index (χ4n) is 2.46. The van der Waals surface area contributed by atoms with E-state index in [0.29, 0.717) is 18.9 Å². The van der Waals surface area contributed by atoms with Gasteiger partial charge in [-0.05, 0) is 12.1 Å². The Hall–Kier alpha value is -2.28. The second-order valence-electron chi connectivity index (χ2n) is 5.16. The lowest BCUT2D eigenvalue weighted by Gasteiger charge is -2.30. The molecule has 0 aromatic heterocycles. The minimum Gasteiger partial charge on any atom is -0.479 e. The second kappa shape index (κ2) is 5.25. The zero-order chi connectivity index (χ0) is 14.9. The zero-order valence-corrected chi connectivity index (χ0v) is 11.3. The van der Waals surface area contributed by atoms with Gasteiger partial charge in [0.15, 0.2) is 11.6 Å². The summed E-state index contributed by atoms with van der Waals surface area (Å²) in [5.74, 6) is -0.960. The van der Waals surface area contributed by atoms with E-state index < -0.39 is 23.5 Å². The van der Waals surface area contributed by atoms with Gasteiger partial charge in [0.05, 0.1) is 18.8 Å². The fourth-order valence-corrected chi connectivity index (χ4v) is 2.46. The number of hydrogen-bond acceptors (Lipinski definition) is 5. The lowest BCUT2D eigenvalue weighted by atomic mass is 9.98. The van der Waals surface area contributed by atoms with E-state index in [1.165, 1.54) is 0 Å². The van der Waals surface area contributed by atoms with Gasteiger partial charge in [0.1, 0.15) is 5.75 Å². The van der Waals surface area contributed by atoms with Crippen molar-refractivity contribution in [3.8, 4) is 5.75 Å². The average Bonchev–Trinajstić information content (AvgIpc) is 2.96. The summed E-state index contributed by atoms with van der Waals surface area (Å²) < 4.78 is 10.7. The third-order valence-electron chi connectivity index (χ3n) is 3.72. The van der Waals surface area contributed by atoms with E-state index in [-0.39, 0.29) is 13.0 Å². The van der Waals surface area contributed by atoms with Gasteiger partial charge in [-0.3, -0.25) is 4.79 Å². The number of para-hydroxylation sites is 2. The van der Waals surface area contributed by atoms with Gasteiger partial charge >= 0.3 is 5.97 Å². The molecule has 0 radical (unpaired) electrons. The van der Waals surface area contributed by atoms with E-state index in [0.717, 1.165) is 5.69 Å². The predicted octanol–water partition coefficient (Wildman–Crippen LogP) is 0.219. The summed E-state index contributed by atoms with van der Waals surface area (Å²) in [6.45, 7) is 0.587. The van der Waals surface area contributed by atoms with Crippen molar-refractivity contribution in [3.05, 3.63) is 24.3 Å². The fraction of sp³-hybridized carbons (Fsp3) is 0.429. The molecule has 2 atom stereocenters. The number of carboxylic acid groups (broad SMARTS) is 1. The summed E-state index contributed by atoms with van der Waals surface area (Å²) in [6, 6.07) is 7.29. The van der Waals surface area contributed by atoms with Gasteiger partial charge < -0.3 is 25.2 Å². The maximum Gasteiger partial charge on any atom is 0.331 e. The van der Waals surface area contributed by atoms with Gasteiger partial charge in [0.25, 0.3) is 5.91 Å². The summed E-state index contributed by atoms with van der Waals surface area (Å²) in [5.41, 5.74) is -0.532. The number of ether oxygens (including phenoxy) is 2. The maximum atomic E-state index is 12.3. The normalized spacial score (nSPS) is 27.1. The van der Waals surface area contributed by atoms with Gasteiger partial charge in [0, 0.05) is 13.0 Å². The molecule has 1 aromatic carbocycles. The Morgan fingerprint density at radius 2 is 2.19 bits per heavy atom. The van der Waals surface area contributed by atoms with Crippen molar-refractivity contribution in [1.29, 1.82) is 0 Å². The molecule has 1 amide bonds. The first-order chi connectivity index (χ1) is 10.1. The average molecular weight is 292 g/mol. The van der Waals surface area contributed by atoms with Crippen molar-refractivity contribution in [2.24, 2.45) is 0 Å². The third kappa shape index (κ3) is 2.52. The number of anilines is 1. The first-order valence-corrected chi connectivity index (χ1v) is 6.73. The topological polar surface area (TPSA) is 96.9 Å². The largest absolute Gasteiger partial charge is 0.479 e. The van der Waals surface area contributed by atoms with Crippen LogP contribution in [-0.4, -0.2) is 48.4 Å². The molecule has 3 rings (SSSR count). The van der Waals surface area contributed by atoms with Crippen molar-refractivity contribution >= 4 is 17.6 Å². The van der Waals surface area contributed by atoms with Crippen LogP contribution in [0, 0.1) is 0 Å². The molecular weight excluding hydrogens is 276 g/mol. The molecule has 1 fully saturated rings. The number of carbonyl (C=O) groups excluding carboxylic acids is 1. The monoisotopic (exact) mass is 292 g/mol. The lowest BCUT2D eigenvalue weighted by molar-refractivity contribution is -0.148. The molecule has 3 N–H and O–H groups in total. The summed E-state index contributed by atoms with van der Waals surface area (Å²) in [6.07, 6.45) is -0.512. The Labute approximate surface area is 121 Å². The molecular formula is C14H16N2O5. The summed E-state index contributed by atoms with van der Waals surface area (Å²) in [4.78, 5) is 23.7. The number of benzene rings is 1. The van der Waals surface area contributed by atoms with Gasteiger partial charge in [0.2, 0.25) is 0 Å². The molecule has 0 aliphatic carbocycles. The van der Waals surface area contributed by atoms with Crippen LogP contribution in [-0.2, 0) is 14.3 Å². The Balaban J connectivity index is 1.71. The van der Waals surface area contributed by atoms with E-state index in [1.54, 1.807) is 6.07 Å². The van der Waals surface area contributed by atoms with Crippen molar-refractivity contribution in [2.75, 3.05) is 25.1 Å². The van der Waals surface area contributed by atoms with E-state index in [4.69, 9.17) is 9.47 Å². The molecule has 2 aliphatic heterocycles. The van der Waals surface area contributed by atoms with Gasteiger partial charge in [-0.15, -0.1) is 0 Å². The standard InChI is InChI=1S/C14H16N2O5/c17-12(16-14(13(18)19)5-6-20-8-14)11-7-15-9-3-1-2-4-10(9)21-11/h1-4,11,15H,5-8H2,(H,16,17)(H,18,19). The van der Waals surface area contributed by atoms with Crippen LogP contribution in [0.5, 0.6) is 5.75 Å². The number of rotatable bonds is 3. The highest BCUT2D eigenvalue weighted by molar-refractivity contribution is 5.90. The molecule has 2 heterocycles. The SMILES string of the molecule is O=C(NC1(C(=O)O)CCOC1)C1CNc2ccccc2O1. The van der Waals surface area contributed by atoms with Crippen LogP contribution in [0.4, 0.5) is 5.69 Å². The zero-order valence-electron chi connectivity index (χ0n) is 11.3. The van der Waals surface area contributed by atoms with Crippen LogP contribution < -0.4 is 15.4 Å². The third-order valence-corrected chi connectivity index (χ3v) is 3.72. The van der Waals surface area contributed by atoms with Crippen LogP contribution in [0.2, 0.25) is 0 Å². The first kappa shape index (κ1) is 13.7. The highest BCUT2D eigenvalue weighted by Crippen LogP contribution is 2.28. The number of amides is 1. The van der Waals surface area contributed by atoms with Crippen LogP contribution in [0.1, 0.15) is 6.42 Å². The highest BCUT2D eigenvalue weighted by Gasteiger charge is 2.45. The Morgan fingerprint density at radius 1 is 1.38 bits per heavy atom. The van der Waals surface area contributed by atoms with Crippen molar-refractivity contribution in [1.82, 2.24) is 5.32 Å². The molecule has 21 heavy (non-hydrogen) atoms. The Bertz CT molecular complexity index is 568. The lowest BCUT2D eigenvalue weighted by Crippen LogP contribution is -2.59. The number of fused-ring (bicyclic) bond motifs is 1. The van der Waals surface area contributed by atoms with Crippen molar-refractivity contribution in [2.45, 2.75) is 18.1 Å². The number of carbonyl (C=O) groups is 2. The molecule has 2 unspecified atom stereocenters. The van der Waals surface area contributed by atoms with Crippen molar-refractivity contribution in [3.63, 3.8) is 0 Å². The molecule has 112 valence electrons. The van der Waals surface area contributed by atoms with Crippen LogP contribution in [0.3, 0.4) is 0 Å². The van der Waals surface area contributed by atoms with Crippen LogP contribution in [0.15, 0.2) is 24.3 Å². The van der Waals surface area contributed by atoms with E-state index in [1.807, 2.05) is 18.2 Å². The van der Waals surface area contributed by atoms with E-state index in [9.17, 15) is 14.7 Å². The molecule has 7 heteroatoms. The van der Waals surface area contributed by atoms with Crippen molar-refractivity contribution < 1.29 is 24.2 Å². The minimum atomic E-state index is -1.35. The number of aliphatic carboxylic acids is 1. The Morgan fingerprint density at radius 3 is 2.90 bits per heavy atom. The molecule has 0 spiro atoms. The summed E-state index contributed by atoms with van der Waals surface area (Å²) in [5, 5.41) is 15.0. The van der Waals surface area contributed by atoms with Gasteiger partial charge in [-0.1, -0.05) is 12.1 Å². The molecule has 1 saturated heterocycles. The number of nitrogens with one attached hydrogen (secondary N) is 2. The molecule has 2 aliphatic rings. The molecule has 0 saturated carbocycles. The quantitative estimate of drug-likeness (QED) is 0.737. The van der Waals surface area contributed by atoms with Gasteiger partial charge in [-0.2, -0.15) is 0 Å². The highest BCUT2D eigenvalue weighted by atomic mass is 16.5. The Kier molecular flexibility index (Phi) is 3.42. The molecule has 1 aromatic rings. The predicted molar refractivity (Wildman–Crippen MR) is 73.3 cm³/mol. The number of carboxylic acids is 1.